The Morgan fingerprint density at radius 2 is 1.79 bits per heavy atom. The first-order valence-electron chi connectivity index (χ1n) is 9.64. The second kappa shape index (κ2) is 9.22. The lowest BCUT2D eigenvalue weighted by Gasteiger charge is -2.13. The quantitative estimate of drug-likeness (QED) is 0.481. The molecule has 29 heavy (non-hydrogen) atoms. The van der Waals surface area contributed by atoms with Crippen LogP contribution in [0.1, 0.15) is 37.7 Å². The number of benzene rings is 2. The Labute approximate surface area is 178 Å². The summed E-state index contributed by atoms with van der Waals surface area (Å²) in [4.78, 5) is 17.6. The lowest BCUT2D eigenvalue weighted by atomic mass is 10.1. The van der Waals surface area contributed by atoms with Gasteiger partial charge in [0.2, 0.25) is 0 Å². The zero-order chi connectivity index (χ0) is 21.0. The molecule has 7 heteroatoms. The van der Waals surface area contributed by atoms with Crippen LogP contribution in [0.3, 0.4) is 0 Å². The largest absolute Gasteiger partial charge is 0.490 e. The molecular formula is C22H24BrN3O3. The average molecular weight is 458 g/mol. The van der Waals surface area contributed by atoms with Crippen LogP contribution in [0.4, 0.5) is 0 Å². The maximum atomic E-state index is 13.0. The molecule has 3 rings (SSSR count). The Morgan fingerprint density at radius 1 is 1.10 bits per heavy atom. The number of halogens is 1. The van der Waals surface area contributed by atoms with Gasteiger partial charge in [0.25, 0.3) is 5.56 Å². The lowest BCUT2D eigenvalue weighted by Crippen LogP contribution is -2.22. The molecule has 0 fully saturated rings. The number of aromatic nitrogens is 2. The van der Waals surface area contributed by atoms with E-state index in [1.165, 1.54) is 4.68 Å². The van der Waals surface area contributed by atoms with Crippen molar-refractivity contribution < 1.29 is 9.47 Å². The highest BCUT2D eigenvalue weighted by Crippen LogP contribution is 2.30. The predicted molar refractivity (Wildman–Crippen MR) is 120 cm³/mol. The van der Waals surface area contributed by atoms with E-state index in [9.17, 15) is 4.79 Å². The Morgan fingerprint density at radius 3 is 2.45 bits per heavy atom. The average Bonchev–Trinajstić information content (AvgIpc) is 2.70. The molecule has 152 valence electrons. The minimum absolute atomic E-state index is 0.196. The molecular weight excluding hydrogens is 434 g/mol. The number of fused-ring (bicyclic) bond motifs is 1. The number of ether oxygens (including phenoxy) is 2. The van der Waals surface area contributed by atoms with E-state index in [0.717, 1.165) is 15.6 Å². The fourth-order valence-corrected chi connectivity index (χ4v) is 3.38. The lowest BCUT2D eigenvalue weighted by molar-refractivity contribution is 0.287. The smallest absolute Gasteiger partial charge is 0.282 e. The Kier molecular flexibility index (Phi) is 6.69. The molecule has 1 aromatic heterocycles. The standard InChI is InChI=1S/C22H24BrN3O3/c1-5-21-25-18-9-8-16(23)12-17(18)22(27)26(21)24-13-15-11-20(29-7-3)19(28-6-2)10-14(15)4/h8-13H,5-7H2,1-4H3. The molecule has 6 nitrogen and oxygen atoms in total. The van der Waals surface area contributed by atoms with Crippen molar-refractivity contribution >= 4 is 33.0 Å². The summed E-state index contributed by atoms with van der Waals surface area (Å²) in [6, 6.07) is 9.29. The third-order valence-electron chi connectivity index (χ3n) is 4.44. The van der Waals surface area contributed by atoms with Crippen LogP contribution in [-0.4, -0.2) is 29.1 Å². The van der Waals surface area contributed by atoms with E-state index in [2.05, 4.69) is 26.0 Å². The van der Waals surface area contributed by atoms with Gasteiger partial charge in [-0.3, -0.25) is 4.79 Å². The second-order valence-corrected chi connectivity index (χ2v) is 7.34. The number of hydrogen-bond acceptors (Lipinski definition) is 5. The van der Waals surface area contributed by atoms with Gasteiger partial charge in [0.05, 0.1) is 30.3 Å². The van der Waals surface area contributed by atoms with Gasteiger partial charge in [-0.1, -0.05) is 22.9 Å². The third kappa shape index (κ3) is 4.50. The molecule has 3 aromatic rings. The maximum absolute atomic E-state index is 13.0. The van der Waals surface area contributed by atoms with Crippen molar-refractivity contribution in [1.29, 1.82) is 0 Å². The molecule has 0 saturated heterocycles. The summed E-state index contributed by atoms with van der Waals surface area (Å²) in [5, 5.41) is 4.99. The van der Waals surface area contributed by atoms with Crippen LogP contribution < -0.4 is 15.0 Å². The highest BCUT2D eigenvalue weighted by molar-refractivity contribution is 9.10. The summed E-state index contributed by atoms with van der Waals surface area (Å²) in [5.74, 6) is 1.97. The highest BCUT2D eigenvalue weighted by Gasteiger charge is 2.11. The topological polar surface area (TPSA) is 65.7 Å². The third-order valence-corrected chi connectivity index (χ3v) is 4.93. The van der Waals surface area contributed by atoms with E-state index >= 15 is 0 Å². The van der Waals surface area contributed by atoms with Gasteiger partial charge in [0.1, 0.15) is 5.82 Å². The first-order chi connectivity index (χ1) is 14.0. The summed E-state index contributed by atoms with van der Waals surface area (Å²) in [7, 11) is 0. The minimum Gasteiger partial charge on any atom is -0.490 e. The predicted octanol–water partition coefficient (Wildman–Crippen LogP) is 4.71. The van der Waals surface area contributed by atoms with Crippen LogP contribution in [-0.2, 0) is 6.42 Å². The van der Waals surface area contributed by atoms with Crippen molar-refractivity contribution in [3.63, 3.8) is 0 Å². The molecule has 0 saturated carbocycles. The zero-order valence-corrected chi connectivity index (χ0v) is 18.6. The van der Waals surface area contributed by atoms with Gasteiger partial charge in [0, 0.05) is 16.5 Å². The van der Waals surface area contributed by atoms with Crippen molar-refractivity contribution in [2.75, 3.05) is 13.2 Å². The SMILES string of the molecule is CCOc1cc(C)c(C=Nn2c(CC)nc3ccc(Br)cc3c2=O)cc1OCC. The monoisotopic (exact) mass is 457 g/mol. The molecule has 0 N–H and O–H groups in total. The Bertz CT molecular complexity index is 1120. The number of nitrogens with zero attached hydrogens (tertiary/aromatic N) is 3. The van der Waals surface area contributed by atoms with Gasteiger partial charge in [0.15, 0.2) is 11.5 Å². The van der Waals surface area contributed by atoms with Gasteiger partial charge in [-0.25, -0.2) is 4.98 Å². The van der Waals surface area contributed by atoms with Crippen LogP contribution in [0.5, 0.6) is 11.5 Å². The van der Waals surface area contributed by atoms with E-state index in [1.807, 2.05) is 52.0 Å². The molecule has 0 amide bonds. The van der Waals surface area contributed by atoms with Crippen LogP contribution in [0, 0.1) is 6.92 Å². The molecule has 0 unspecified atom stereocenters. The highest BCUT2D eigenvalue weighted by atomic mass is 79.9. The summed E-state index contributed by atoms with van der Waals surface area (Å²) in [6.45, 7) is 8.87. The van der Waals surface area contributed by atoms with Gasteiger partial charge in [-0.05, 0) is 56.7 Å². The van der Waals surface area contributed by atoms with Gasteiger partial charge in [-0.15, -0.1) is 0 Å². The van der Waals surface area contributed by atoms with Gasteiger partial charge < -0.3 is 9.47 Å². The van der Waals surface area contributed by atoms with Crippen LogP contribution in [0.25, 0.3) is 10.9 Å². The van der Waals surface area contributed by atoms with Crippen LogP contribution in [0.2, 0.25) is 0 Å². The maximum Gasteiger partial charge on any atom is 0.282 e. The van der Waals surface area contributed by atoms with Crippen molar-refractivity contribution in [2.45, 2.75) is 34.1 Å². The molecule has 0 atom stereocenters. The van der Waals surface area contributed by atoms with Crippen molar-refractivity contribution in [1.82, 2.24) is 9.66 Å². The number of rotatable bonds is 7. The summed E-state index contributed by atoms with van der Waals surface area (Å²) in [6.07, 6.45) is 2.25. The minimum atomic E-state index is -0.196. The fourth-order valence-electron chi connectivity index (χ4n) is 3.02. The summed E-state index contributed by atoms with van der Waals surface area (Å²) in [5.41, 5.74) is 2.29. The van der Waals surface area contributed by atoms with Gasteiger partial charge in [-0.2, -0.15) is 9.78 Å². The molecule has 0 aliphatic rings. The van der Waals surface area contributed by atoms with E-state index < -0.39 is 0 Å². The molecule has 0 aliphatic carbocycles. The van der Waals surface area contributed by atoms with Crippen LogP contribution in [0.15, 0.2) is 44.7 Å². The fraction of sp³-hybridized carbons (Fsp3) is 0.318. The van der Waals surface area contributed by atoms with E-state index in [4.69, 9.17) is 9.47 Å². The van der Waals surface area contributed by atoms with Crippen LogP contribution >= 0.6 is 15.9 Å². The van der Waals surface area contributed by atoms with Crippen molar-refractivity contribution in [3.05, 3.63) is 62.1 Å². The van der Waals surface area contributed by atoms with Crippen molar-refractivity contribution in [3.8, 4) is 11.5 Å². The molecule has 2 aromatic carbocycles. The second-order valence-electron chi connectivity index (χ2n) is 6.43. The van der Waals surface area contributed by atoms with E-state index in [0.29, 0.717) is 47.9 Å². The molecule has 0 radical (unpaired) electrons. The molecule has 0 bridgehead atoms. The summed E-state index contributed by atoms with van der Waals surface area (Å²) < 4.78 is 13.6. The zero-order valence-electron chi connectivity index (χ0n) is 17.0. The van der Waals surface area contributed by atoms with E-state index in [1.54, 1.807) is 12.3 Å². The Hall–Kier alpha value is -2.67. The van der Waals surface area contributed by atoms with E-state index in [-0.39, 0.29) is 5.56 Å². The van der Waals surface area contributed by atoms with Crippen molar-refractivity contribution in [2.24, 2.45) is 5.10 Å². The number of aryl methyl sites for hydroxylation is 2. The first-order valence-corrected chi connectivity index (χ1v) is 10.4. The summed E-state index contributed by atoms with van der Waals surface area (Å²) >= 11 is 3.41. The molecule has 1 heterocycles. The molecule has 0 aliphatic heterocycles. The number of hydrogen-bond donors (Lipinski definition) is 0. The Balaban J connectivity index is 2.10. The molecule has 0 spiro atoms. The first kappa shape index (κ1) is 21.0. The van der Waals surface area contributed by atoms with Gasteiger partial charge >= 0.3 is 0 Å². The normalized spacial score (nSPS) is 11.3.